The number of carbonyl (C=O) groups excluding carboxylic acids is 1. The molecule has 1 aliphatic heterocycles. The molecule has 2 N–H and O–H groups in total. The SMILES string of the molecule is O=C(O)NN1C(=O)CCC1c1ccccc1Cl. The summed E-state index contributed by atoms with van der Waals surface area (Å²) in [6.45, 7) is 0. The zero-order valence-electron chi connectivity index (χ0n) is 8.89. The molecular formula is C11H11ClN2O3. The van der Waals surface area contributed by atoms with Gasteiger partial charge in [-0.05, 0) is 18.1 Å². The quantitative estimate of drug-likeness (QED) is 0.850. The standard InChI is InChI=1S/C11H11ClN2O3/c12-8-4-2-1-3-7(8)9-5-6-10(15)14(9)13-11(16)17/h1-4,9,13H,5-6H2,(H,16,17). The zero-order valence-corrected chi connectivity index (χ0v) is 9.65. The van der Waals surface area contributed by atoms with Crippen molar-refractivity contribution in [3.63, 3.8) is 0 Å². The Kier molecular flexibility index (Phi) is 3.19. The van der Waals surface area contributed by atoms with Crippen molar-refractivity contribution in [1.82, 2.24) is 10.4 Å². The van der Waals surface area contributed by atoms with Crippen LogP contribution in [-0.4, -0.2) is 22.1 Å². The number of carbonyl (C=O) groups is 2. The third kappa shape index (κ3) is 2.34. The van der Waals surface area contributed by atoms with E-state index >= 15 is 0 Å². The summed E-state index contributed by atoms with van der Waals surface area (Å²) >= 11 is 6.04. The second-order valence-corrected chi connectivity index (χ2v) is 4.16. The molecule has 1 heterocycles. The molecule has 0 bridgehead atoms. The van der Waals surface area contributed by atoms with E-state index in [0.717, 1.165) is 10.6 Å². The van der Waals surface area contributed by atoms with E-state index in [-0.39, 0.29) is 11.9 Å². The Balaban J connectivity index is 2.28. The van der Waals surface area contributed by atoms with E-state index in [1.807, 2.05) is 6.07 Å². The molecule has 1 unspecified atom stereocenters. The Bertz CT molecular complexity index is 464. The van der Waals surface area contributed by atoms with Gasteiger partial charge in [-0.1, -0.05) is 29.8 Å². The van der Waals surface area contributed by atoms with Crippen molar-refractivity contribution in [3.8, 4) is 0 Å². The van der Waals surface area contributed by atoms with Crippen LogP contribution >= 0.6 is 11.6 Å². The lowest BCUT2D eigenvalue weighted by Crippen LogP contribution is -2.43. The number of rotatable bonds is 2. The molecule has 0 aromatic heterocycles. The largest absolute Gasteiger partial charge is 0.464 e. The molecule has 1 aromatic carbocycles. The molecule has 0 spiro atoms. The molecule has 5 nitrogen and oxygen atoms in total. The highest BCUT2D eigenvalue weighted by Crippen LogP contribution is 2.34. The van der Waals surface area contributed by atoms with E-state index in [0.29, 0.717) is 17.9 Å². The molecule has 1 aliphatic rings. The molecular weight excluding hydrogens is 244 g/mol. The number of halogens is 1. The first-order chi connectivity index (χ1) is 8.09. The Hall–Kier alpha value is -1.75. The van der Waals surface area contributed by atoms with Gasteiger partial charge in [0.1, 0.15) is 0 Å². The van der Waals surface area contributed by atoms with Crippen LogP contribution in [0.4, 0.5) is 4.79 Å². The molecule has 1 fully saturated rings. The maximum Gasteiger partial charge on any atom is 0.423 e. The minimum atomic E-state index is -1.25. The van der Waals surface area contributed by atoms with E-state index in [1.165, 1.54) is 0 Å². The minimum Gasteiger partial charge on any atom is -0.464 e. The smallest absolute Gasteiger partial charge is 0.423 e. The van der Waals surface area contributed by atoms with Crippen LogP contribution in [0.5, 0.6) is 0 Å². The Morgan fingerprint density at radius 1 is 1.47 bits per heavy atom. The highest BCUT2D eigenvalue weighted by atomic mass is 35.5. The van der Waals surface area contributed by atoms with Crippen LogP contribution in [-0.2, 0) is 4.79 Å². The average Bonchev–Trinajstić information content (AvgIpc) is 2.61. The van der Waals surface area contributed by atoms with Crippen molar-refractivity contribution in [3.05, 3.63) is 34.9 Å². The van der Waals surface area contributed by atoms with E-state index in [2.05, 4.69) is 5.43 Å². The first-order valence-electron chi connectivity index (χ1n) is 5.15. The number of hydrogen-bond acceptors (Lipinski definition) is 2. The third-order valence-corrected chi connectivity index (χ3v) is 3.04. The van der Waals surface area contributed by atoms with Gasteiger partial charge in [-0.3, -0.25) is 4.79 Å². The van der Waals surface area contributed by atoms with Crippen molar-refractivity contribution in [2.24, 2.45) is 0 Å². The fourth-order valence-electron chi connectivity index (χ4n) is 1.97. The van der Waals surface area contributed by atoms with Crippen LogP contribution < -0.4 is 5.43 Å². The number of hydrazine groups is 1. The Morgan fingerprint density at radius 2 is 2.18 bits per heavy atom. The van der Waals surface area contributed by atoms with Gasteiger partial charge >= 0.3 is 6.09 Å². The number of nitrogens with zero attached hydrogens (tertiary/aromatic N) is 1. The summed E-state index contributed by atoms with van der Waals surface area (Å²) in [5.74, 6) is -0.239. The lowest BCUT2D eigenvalue weighted by Gasteiger charge is -2.24. The van der Waals surface area contributed by atoms with Gasteiger partial charge in [0.25, 0.3) is 0 Å². The molecule has 1 saturated heterocycles. The highest BCUT2D eigenvalue weighted by molar-refractivity contribution is 6.31. The van der Waals surface area contributed by atoms with Crippen molar-refractivity contribution >= 4 is 23.6 Å². The lowest BCUT2D eigenvalue weighted by molar-refractivity contribution is -0.131. The van der Waals surface area contributed by atoms with E-state index in [1.54, 1.807) is 18.2 Å². The van der Waals surface area contributed by atoms with Crippen LogP contribution in [0.1, 0.15) is 24.4 Å². The summed E-state index contributed by atoms with van der Waals surface area (Å²) in [6.07, 6.45) is -0.378. The normalized spacial score (nSPS) is 19.5. The molecule has 1 aromatic rings. The molecule has 2 amide bonds. The summed E-state index contributed by atoms with van der Waals surface area (Å²) in [7, 11) is 0. The molecule has 2 rings (SSSR count). The van der Waals surface area contributed by atoms with Crippen molar-refractivity contribution in [1.29, 1.82) is 0 Å². The van der Waals surface area contributed by atoms with Gasteiger partial charge < -0.3 is 5.11 Å². The van der Waals surface area contributed by atoms with Crippen molar-refractivity contribution in [2.75, 3.05) is 0 Å². The van der Waals surface area contributed by atoms with Gasteiger partial charge in [-0.2, -0.15) is 0 Å². The lowest BCUT2D eigenvalue weighted by atomic mass is 10.1. The summed E-state index contributed by atoms with van der Waals surface area (Å²) in [5, 5.41) is 10.3. The fourth-order valence-corrected chi connectivity index (χ4v) is 2.23. The first kappa shape index (κ1) is 11.7. The van der Waals surface area contributed by atoms with Gasteiger partial charge in [0.15, 0.2) is 0 Å². The van der Waals surface area contributed by atoms with Gasteiger partial charge in [0.05, 0.1) is 6.04 Å². The number of amides is 2. The maximum atomic E-state index is 11.6. The molecule has 6 heteroatoms. The molecule has 0 saturated carbocycles. The van der Waals surface area contributed by atoms with Crippen LogP contribution in [0, 0.1) is 0 Å². The monoisotopic (exact) mass is 254 g/mol. The first-order valence-corrected chi connectivity index (χ1v) is 5.53. The van der Waals surface area contributed by atoms with Crippen molar-refractivity contribution < 1.29 is 14.7 Å². The average molecular weight is 255 g/mol. The summed E-state index contributed by atoms with van der Waals surface area (Å²) in [5.41, 5.74) is 2.87. The van der Waals surface area contributed by atoms with Gasteiger partial charge in [-0.25, -0.2) is 15.2 Å². The molecule has 0 aliphatic carbocycles. The molecule has 90 valence electrons. The van der Waals surface area contributed by atoms with Gasteiger partial charge in [-0.15, -0.1) is 0 Å². The Labute approximate surface area is 103 Å². The number of nitrogens with one attached hydrogen (secondary N) is 1. The second-order valence-electron chi connectivity index (χ2n) is 3.76. The summed E-state index contributed by atoms with van der Waals surface area (Å²) in [4.78, 5) is 22.2. The van der Waals surface area contributed by atoms with E-state index < -0.39 is 6.09 Å². The van der Waals surface area contributed by atoms with E-state index in [4.69, 9.17) is 16.7 Å². The van der Waals surface area contributed by atoms with Gasteiger partial charge in [0, 0.05) is 11.4 Å². The van der Waals surface area contributed by atoms with Crippen LogP contribution in [0.3, 0.4) is 0 Å². The number of hydrogen-bond donors (Lipinski definition) is 2. The zero-order chi connectivity index (χ0) is 12.4. The minimum absolute atomic E-state index is 0.239. The van der Waals surface area contributed by atoms with Crippen LogP contribution in [0.25, 0.3) is 0 Å². The maximum absolute atomic E-state index is 11.6. The fraction of sp³-hybridized carbons (Fsp3) is 0.273. The van der Waals surface area contributed by atoms with Crippen molar-refractivity contribution in [2.45, 2.75) is 18.9 Å². The second kappa shape index (κ2) is 4.63. The van der Waals surface area contributed by atoms with Crippen LogP contribution in [0.15, 0.2) is 24.3 Å². The van der Waals surface area contributed by atoms with E-state index in [9.17, 15) is 9.59 Å². The number of carboxylic acid groups (broad SMARTS) is 1. The molecule has 17 heavy (non-hydrogen) atoms. The Morgan fingerprint density at radius 3 is 2.82 bits per heavy atom. The molecule has 1 atom stereocenters. The predicted molar refractivity (Wildman–Crippen MR) is 61.4 cm³/mol. The topological polar surface area (TPSA) is 69.6 Å². The van der Waals surface area contributed by atoms with Crippen LogP contribution in [0.2, 0.25) is 5.02 Å². The predicted octanol–water partition coefficient (Wildman–Crippen LogP) is 2.19. The number of benzene rings is 1. The summed E-state index contributed by atoms with van der Waals surface area (Å²) < 4.78 is 0. The third-order valence-electron chi connectivity index (χ3n) is 2.69. The highest BCUT2D eigenvalue weighted by Gasteiger charge is 2.34. The van der Waals surface area contributed by atoms with Gasteiger partial charge in [0.2, 0.25) is 5.91 Å². The molecule has 0 radical (unpaired) electrons. The summed E-state index contributed by atoms with van der Waals surface area (Å²) in [6, 6.07) is 6.79.